The van der Waals surface area contributed by atoms with Gasteiger partial charge in [-0.15, -0.1) is 22.7 Å². The van der Waals surface area contributed by atoms with Gasteiger partial charge in [0, 0.05) is 15.3 Å². The molecule has 7 nitrogen and oxygen atoms in total. The van der Waals surface area contributed by atoms with Gasteiger partial charge in [-0.3, -0.25) is 14.5 Å². The van der Waals surface area contributed by atoms with Crippen molar-refractivity contribution in [3.63, 3.8) is 0 Å². The Balaban J connectivity index is 1.36. The van der Waals surface area contributed by atoms with Gasteiger partial charge in [-0.1, -0.05) is 0 Å². The van der Waals surface area contributed by atoms with E-state index in [0.29, 0.717) is 22.5 Å². The number of hydrogen-bond acceptors (Lipinski definition) is 6. The first-order valence-electron chi connectivity index (χ1n) is 10.3. The molecule has 1 aliphatic heterocycles. The van der Waals surface area contributed by atoms with Gasteiger partial charge < -0.3 is 10.3 Å². The first-order chi connectivity index (χ1) is 14.6. The highest BCUT2D eigenvalue weighted by Gasteiger charge is 2.54. The lowest BCUT2D eigenvalue weighted by Gasteiger charge is -2.31. The zero-order valence-corrected chi connectivity index (χ0v) is 17.9. The number of urea groups is 1. The monoisotopic (exact) mass is 440 g/mol. The Hall–Kier alpha value is -2.52. The number of amides is 3. The van der Waals surface area contributed by atoms with Crippen molar-refractivity contribution < 1.29 is 9.59 Å². The second-order valence-corrected chi connectivity index (χ2v) is 10.3. The lowest BCUT2D eigenvalue weighted by molar-refractivity contribution is -0.132. The molecule has 0 radical (unpaired) electrons. The standard InChI is InChI=1S/C21H20N4O3S2/c26-17-16-11-4-1-2-5-13(11)30-18(16)23-15(22-17)10-25-19(27)21(24-20(25)28)8-3-6-14-12(21)7-9-29-14/h7,9H,1-6,8,10H2,(H,24,28)(H,22,23,26)/t21-/m1/s1. The number of hydrogen-bond donors (Lipinski definition) is 2. The molecular weight excluding hydrogens is 420 g/mol. The molecule has 0 aromatic carbocycles. The molecule has 1 saturated heterocycles. The summed E-state index contributed by atoms with van der Waals surface area (Å²) in [5.74, 6) is 0.105. The summed E-state index contributed by atoms with van der Waals surface area (Å²) in [6, 6.07) is 1.52. The van der Waals surface area contributed by atoms with E-state index in [2.05, 4.69) is 15.3 Å². The van der Waals surface area contributed by atoms with Crippen LogP contribution in [0.15, 0.2) is 16.2 Å². The van der Waals surface area contributed by atoms with Crippen molar-refractivity contribution in [2.75, 3.05) is 0 Å². The smallest absolute Gasteiger partial charge is 0.319 e. The molecule has 0 saturated carbocycles. The fourth-order valence-electron chi connectivity index (χ4n) is 5.12. The molecule has 0 unspecified atom stereocenters. The molecule has 1 spiro atoms. The lowest BCUT2D eigenvalue weighted by Crippen LogP contribution is -2.46. The van der Waals surface area contributed by atoms with Gasteiger partial charge in [0.2, 0.25) is 0 Å². The number of nitrogens with zero attached hydrogens (tertiary/aromatic N) is 2. The SMILES string of the molecule is O=C1N[C@@]2(CCCc3sccc32)C(=O)N1Cc1nc2sc3c(c2c(=O)[nH]1)CCCC3. The molecule has 0 bridgehead atoms. The largest absolute Gasteiger partial charge is 0.325 e. The van der Waals surface area contributed by atoms with Crippen molar-refractivity contribution in [3.8, 4) is 0 Å². The Kier molecular flexibility index (Phi) is 3.95. The second-order valence-electron chi connectivity index (χ2n) is 8.24. The zero-order valence-electron chi connectivity index (χ0n) is 16.2. The van der Waals surface area contributed by atoms with E-state index in [1.54, 1.807) is 22.7 Å². The van der Waals surface area contributed by atoms with Crippen molar-refractivity contribution in [2.45, 2.75) is 57.0 Å². The molecule has 9 heteroatoms. The highest BCUT2D eigenvalue weighted by atomic mass is 32.1. The summed E-state index contributed by atoms with van der Waals surface area (Å²) in [6.07, 6.45) is 6.52. The maximum atomic E-state index is 13.4. The number of imide groups is 1. The number of carbonyl (C=O) groups is 2. The molecule has 2 N–H and O–H groups in total. The fraction of sp³-hybridized carbons (Fsp3) is 0.429. The summed E-state index contributed by atoms with van der Waals surface area (Å²) in [6.45, 7) is -0.0281. The molecule has 1 fully saturated rings. The van der Waals surface area contributed by atoms with Crippen LogP contribution < -0.4 is 10.9 Å². The van der Waals surface area contributed by atoms with Crippen LogP contribution in [0.25, 0.3) is 10.2 Å². The van der Waals surface area contributed by atoms with E-state index in [0.717, 1.165) is 54.5 Å². The highest BCUT2D eigenvalue weighted by molar-refractivity contribution is 7.18. The van der Waals surface area contributed by atoms with E-state index in [9.17, 15) is 14.4 Å². The summed E-state index contributed by atoms with van der Waals surface area (Å²) in [5, 5.41) is 5.61. The minimum absolute atomic E-state index is 0.0281. The molecule has 3 aromatic rings. The van der Waals surface area contributed by atoms with Crippen LogP contribution in [0.5, 0.6) is 0 Å². The van der Waals surface area contributed by atoms with E-state index in [4.69, 9.17) is 0 Å². The van der Waals surface area contributed by atoms with Crippen LogP contribution in [0.4, 0.5) is 4.79 Å². The third-order valence-electron chi connectivity index (χ3n) is 6.52. The average Bonchev–Trinajstić information content (AvgIpc) is 3.41. The summed E-state index contributed by atoms with van der Waals surface area (Å²) in [4.78, 5) is 50.8. The van der Waals surface area contributed by atoms with Gasteiger partial charge in [0.1, 0.15) is 16.2 Å². The Morgan fingerprint density at radius 3 is 2.83 bits per heavy atom. The van der Waals surface area contributed by atoms with E-state index < -0.39 is 11.6 Å². The fourth-order valence-corrected chi connectivity index (χ4v) is 7.40. The summed E-state index contributed by atoms with van der Waals surface area (Å²) >= 11 is 3.20. The molecule has 6 rings (SSSR count). The summed E-state index contributed by atoms with van der Waals surface area (Å²) < 4.78 is 0. The van der Waals surface area contributed by atoms with Crippen LogP contribution in [0.1, 0.15) is 52.4 Å². The molecule has 3 aromatic heterocycles. The normalized spacial score (nSPS) is 23.1. The minimum Gasteiger partial charge on any atom is -0.319 e. The number of H-pyrrole nitrogens is 1. The third kappa shape index (κ3) is 2.48. The summed E-state index contributed by atoms with van der Waals surface area (Å²) in [5.41, 5.74) is 0.899. The van der Waals surface area contributed by atoms with Crippen molar-refractivity contribution >= 4 is 44.8 Å². The molecule has 3 amide bonds. The van der Waals surface area contributed by atoms with Gasteiger partial charge in [0.25, 0.3) is 11.5 Å². The molecular formula is C21H20N4O3S2. The Bertz CT molecular complexity index is 1270. The quantitative estimate of drug-likeness (QED) is 0.598. The molecule has 1 atom stereocenters. The molecule has 30 heavy (non-hydrogen) atoms. The highest BCUT2D eigenvalue weighted by Crippen LogP contribution is 2.42. The predicted molar refractivity (Wildman–Crippen MR) is 115 cm³/mol. The van der Waals surface area contributed by atoms with Crippen molar-refractivity contribution in [2.24, 2.45) is 0 Å². The maximum Gasteiger partial charge on any atom is 0.325 e. The van der Waals surface area contributed by atoms with Gasteiger partial charge in [0.05, 0.1) is 11.9 Å². The Morgan fingerprint density at radius 2 is 1.93 bits per heavy atom. The molecule has 4 heterocycles. The van der Waals surface area contributed by atoms with Crippen LogP contribution in [0.3, 0.4) is 0 Å². The second kappa shape index (κ2) is 6.49. The maximum absolute atomic E-state index is 13.4. The van der Waals surface area contributed by atoms with Crippen LogP contribution in [0, 0.1) is 0 Å². The van der Waals surface area contributed by atoms with Crippen LogP contribution in [-0.4, -0.2) is 26.8 Å². The number of thiophene rings is 2. The number of fused-ring (bicyclic) bond motifs is 5. The summed E-state index contributed by atoms with van der Waals surface area (Å²) in [7, 11) is 0. The Labute approximate surface area is 180 Å². The van der Waals surface area contributed by atoms with Crippen LogP contribution >= 0.6 is 22.7 Å². The van der Waals surface area contributed by atoms with Crippen molar-refractivity contribution in [1.82, 2.24) is 20.2 Å². The van der Waals surface area contributed by atoms with E-state index >= 15 is 0 Å². The molecule has 154 valence electrons. The molecule has 3 aliphatic rings. The van der Waals surface area contributed by atoms with Crippen molar-refractivity contribution in [1.29, 1.82) is 0 Å². The van der Waals surface area contributed by atoms with Gasteiger partial charge in [-0.2, -0.15) is 0 Å². The third-order valence-corrected chi connectivity index (χ3v) is 8.68. The zero-order chi connectivity index (χ0) is 20.5. The lowest BCUT2D eigenvalue weighted by atomic mass is 9.80. The average molecular weight is 441 g/mol. The topological polar surface area (TPSA) is 95.2 Å². The van der Waals surface area contributed by atoms with E-state index in [-0.39, 0.29) is 18.0 Å². The molecule has 2 aliphatic carbocycles. The number of aryl methyl sites for hydroxylation is 3. The number of aromatic nitrogens is 2. The van der Waals surface area contributed by atoms with Crippen molar-refractivity contribution in [3.05, 3.63) is 48.5 Å². The van der Waals surface area contributed by atoms with E-state index in [1.165, 1.54) is 9.78 Å². The number of rotatable bonds is 2. The van der Waals surface area contributed by atoms with Gasteiger partial charge in [-0.05, 0) is 62.0 Å². The van der Waals surface area contributed by atoms with Gasteiger partial charge >= 0.3 is 6.03 Å². The number of nitrogens with one attached hydrogen (secondary N) is 2. The van der Waals surface area contributed by atoms with Crippen LogP contribution in [-0.2, 0) is 36.1 Å². The predicted octanol–water partition coefficient (Wildman–Crippen LogP) is 3.21. The first kappa shape index (κ1) is 18.3. The van der Waals surface area contributed by atoms with Gasteiger partial charge in [-0.25, -0.2) is 9.78 Å². The first-order valence-corrected chi connectivity index (χ1v) is 12.0. The Morgan fingerprint density at radius 1 is 1.10 bits per heavy atom. The number of carbonyl (C=O) groups excluding carboxylic acids is 2. The van der Waals surface area contributed by atoms with Crippen LogP contribution in [0.2, 0.25) is 0 Å². The minimum atomic E-state index is -0.975. The van der Waals surface area contributed by atoms with Gasteiger partial charge in [0.15, 0.2) is 0 Å². The van der Waals surface area contributed by atoms with E-state index in [1.807, 2.05) is 11.4 Å². The number of aromatic amines is 1.